The third-order valence-electron chi connectivity index (χ3n) is 1.83. The summed E-state index contributed by atoms with van der Waals surface area (Å²) >= 11 is 0. The van der Waals surface area contributed by atoms with Gasteiger partial charge in [0.05, 0.1) is 5.92 Å². The van der Waals surface area contributed by atoms with E-state index in [0.29, 0.717) is 0 Å². The van der Waals surface area contributed by atoms with Crippen LogP contribution in [0.15, 0.2) is 0 Å². The zero-order valence-electron chi connectivity index (χ0n) is 8.21. The minimum absolute atomic E-state index is 0.152. The van der Waals surface area contributed by atoms with E-state index < -0.39 is 30.0 Å². The molecule has 0 aliphatic carbocycles. The number of aliphatic carboxylic acids is 2. The maximum atomic E-state index is 10.7. The van der Waals surface area contributed by atoms with Crippen molar-refractivity contribution in [3.8, 4) is 12.3 Å². The lowest BCUT2D eigenvalue weighted by molar-refractivity contribution is -0.143. The molecule has 0 aliphatic heterocycles. The quantitative estimate of drug-likeness (QED) is 0.468. The lowest BCUT2D eigenvalue weighted by Gasteiger charge is -2.15. The number of carboxylic acid groups (broad SMARTS) is 3. The average Bonchev–Trinajstić information content (AvgIpc) is 2.14. The number of terminal acetylenes is 1. The van der Waals surface area contributed by atoms with E-state index in [2.05, 4.69) is 5.92 Å². The van der Waals surface area contributed by atoms with Gasteiger partial charge in [-0.05, 0) is 6.42 Å². The lowest BCUT2D eigenvalue weighted by atomic mass is 9.97. The molecule has 7 heteroatoms. The van der Waals surface area contributed by atoms with Crippen molar-refractivity contribution in [2.45, 2.75) is 18.9 Å². The van der Waals surface area contributed by atoms with Crippen LogP contribution in [-0.2, 0) is 9.59 Å². The molecule has 1 amide bonds. The van der Waals surface area contributed by atoms with Gasteiger partial charge < -0.3 is 20.6 Å². The second-order valence-corrected chi connectivity index (χ2v) is 3.02. The molecule has 7 nitrogen and oxygen atoms in total. The molecule has 88 valence electrons. The molecule has 0 bridgehead atoms. The summed E-state index contributed by atoms with van der Waals surface area (Å²) in [4.78, 5) is 31.6. The molecule has 0 aromatic rings. The number of nitrogens with one attached hydrogen (secondary N) is 1. The Hall–Kier alpha value is -2.23. The highest BCUT2D eigenvalue weighted by Crippen LogP contribution is 2.11. The standard InChI is InChI=1S/C9H11NO6/c1-2-3-5(7(11)12)4-6(8(13)14)10-9(15)16/h1,5-6,10H,3-4H2,(H,11,12)(H,13,14)(H,15,16)/t5?,6-/m1/s1. The van der Waals surface area contributed by atoms with Gasteiger partial charge in [0.25, 0.3) is 0 Å². The Morgan fingerprint density at radius 1 is 1.19 bits per heavy atom. The first-order valence-corrected chi connectivity index (χ1v) is 4.27. The van der Waals surface area contributed by atoms with Crippen LogP contribution < -0.4 is 5.32 Å². The van der Waals surface area contributed by atoms with Crippen LogP contribution >= 0.6 is 0 Å². The van der Waals surface area contributed by atoms with Gasteiger partial charge in [-0.25, -0.2) is 9.59 Å². The highest BCUT2D eigenvalue weighted by molar-refractivity contribution is 5.80. The first-order valence-electron chi connectivity index (χ1n) is 4.27. The molecule has 0 saturated heterocycles. The number of hydrogen-bond donors (Lipinski definition) is 4. The van der Waals surface area contributed by atoms with E-state index >= 15 is 0 Å². The maximum absolute atomic E-state index is 10.7. The zero-order valence-corrected chi connectivity index (χ0v) is 8.21. The topological polar surface area (TPSA) is 124 Å². The summed E-state index contributed by atoms with van der Waals surface area (Å²) < 4.78 is 0. The smallest absolute Gasteiger partial charge is 0.405 e. The Morgan fingerprint density at radius 3 is 2.06 bits per heavy atom. The molecule has 0 aromatic carbocycles. The van der Waals surface area contributed by atoms with Gasteiger partial charge in [-0.15, -0.1) is 12.3 Å². The van der Waals surface area contributed by atoms with Gasteiger partial charge in [-0.1, -0.05) is 0 Å². The molecular weight excluding hydrogens is 218 g/mol. The number of hydrogen-bond acceptors (Lipinski definition) is 3. The predicted octanol–water partition coefficient (Wildman–Crippen LogP) is -0.179. The van der Waals surface area contributed by atoms with E-state index in [4.69, 9.17) is 21.7 Å². The van der Waals surface area contributed by atoms with Crippen LogP contribution in [-0.4, -0.2) is 39.4 Å². The zero-order chi connectivity index (χ0) is 12.7. The Morgan fingerprint density at radius 2 is 1.75 bits per heavy atom. The molecule has 2 atom stereocenters. The monoisotopic (exact) mass is 229 g/mol. The molecule has 0 spiro atoms. The van der Waals surface area contributed by atoms with Crippen molar-refractivity contribution < 1.29 is 29.7 Å². The molecule has 1 unspecified atom stereocenters. The van der Waals surface area contributed by atoms with Crippen molar-refractivity contribution in [1.29, 1.82) is 0 Å². The van der Waals surface area contributed by atoms with Gasteiger partial charge in [-0.3, -0.25) is 4.79 Å². The maximum Gasteiger partial charge on any atom is 0.405 e. The van der Waals surface area contributed by atoms with Gasteiger partial charge in [0.15, 0.2) is 0 Å². The fourth-order valence-electron chi connectivity index (χ4n) is 1.07. The fraction of sp³-hybridized carbons (Fsp3) is 0.444. The van der Waals surface area contributed by atoms with Crippen molar-refractivity contribution in [1.82, 2.24) is 5.32 Å². The predicted molar refractivity (Wildman–Crippen MR) is 51.8 cm³/mol. The van der Waals surface area contributed by atoms with Gasteiger partial charge >= 0.3 is 18.0 Å². The first kappa shape index (κ1) is 13.8. The number of amides is 1. The molecule has 16 heavy (non-hydrogen) atoms. The van der Waals surface area contributed by atoms with Crippen molar-refractivity contribution in [2.24, 2.45) is 5.92 Å². The molecular formula is C9H11NO6. The summed E-state index contributed by atoms with van der Waals surface area (Å²) in [5, 5.41) is 27.4. The molecule has 0 aliphatic rings. The summed E-state index contributed by atoms with van der Waals surface area (Å²) in [5.41, 5.74) is 0. The fourth-order valence-corrected chi connectivity index (χ4v) is 1.07. The van der Waals surface area contributed by atoms with Crippen LogP contribution in [0.3, 0.4) is 0 Å². The highest BCUT2D eigenvalue weighted by Gasteiger charge is 2.27. The highest BCUT2D eigenvalue weighted by atomic mass is 16.4. The van der Waals surface area contributed by atoms with Crippen LogP contribution in [0, 0.1) is 18.3 Å². The Bertz CT molecular complexity index is 331. The van der Waals surface area contributed by atoms with Crippen molar-refractivity contribution >= 4 is 18.0 Å². The summed E-state index contributed by atoms with van der Waals surface area (Å²) in [6, 6.07) is -1.48. The van der Waals surface area contributed by atoms with Crippen LogP contribution in [0.1, 0.15) is 12.8 Å². The van der Waals surface area contributed by atoms with Gasteiger partial charge in [0, 0.05) is 6.42 Å². The molecule has 0 saturated carbocycles. The summed E-state index contributed by atoms with van der Waals surface area (Å²) in [5.74, 6) is -1.68. The first-order chi connectivity index (χ1) is 7.38. The van der Waals surface area contributed by atoms with E-state index in [0.717, 1.165) is 0 Å². The van der Waals surface area contributed by atoms with Crippen molar-refractivity contribution in [3.63, 3.8) is 0 Å². The Labute approximate surface area is 91.1 Å². The molecule has 0 radical (unpaired) electrons. The van der Waals surface area contributed by atoms with E-state index in [9.17, 15) is 14.4 Å². The van der Waals surface area contributed by atoms with Crippen molar-refractivity contribution in [2.75, 3.05) is 0 Å². The minimum atomic E-state index is -1.53. The molecule has 0 rings (SSSR count). The Balaban J connectivity index is 4.58. The van der Waals surface area contributed by atoms with Crippen LogP contribution in [0.2, 0.25) is 0 Å². The van der Waals surface area contributed by atoms with E-state index in [1.165, 1.54) is 0 Å². The largest absolute Gasteiger partial charge is 0.481 e. The number of carboxylic acids is 2. The van der Waals surface area contributed by atoms with Crippen LogP contribution in [0.25, 0.3) is 0 Å². The summed E-state index contributed by atoms with van der Waals surface area (Å²) in [6.45, 7) is 0. The molecule has 4 N–H and O–H groups in total. The lowest BCUT2D eigenvalue weighted by Crippen LogP contribution is -2.42. The minimum Gasteiger partial charge on any atom is -0.481 e. The third kappa shape index (κ3) is 4.85. The van der Waals surface area contributed by atoms with Crippen molar-refractivity contribution in [3.05, 3.63) is 0 Å². The SMILES string of the molecule is C#CCC(C[C@@H](NC(=O)O)C(=O)O)C(=O)O. The number of carbonyl (C=O) groups is 3. The van der Waals surface area contributed by atoms with E-state index in [-0.39, 0.29) is 12.8 Å². The van der Waals surface area contributed by atoms with Crippen LogP contribution in [0.4, 0.5) is 4.79 Å². The van der Waals surface area contributed by atoms with Gasteiger partial charge in [0.2, 0.25) is 0 Å². The van der Waals surface area contributed by atoms with E-state index in [1.807, 2.05) is 0 Å². The third-order valence-corrected chi connectivity index (χ3v) is 1.83. The summed E-state index contributed by atoms with van der Waals surface area (Å²) in [7, 11) is 0. The number of rotatable bonds is 6. The van der Waals surface area contributed by atoms with Gasteiger partial charge in [0.1, 0.15) is 6.04 Å². The molecule has 0 heterocycles. The average molecular weight is 229 g/mol. The summed E-state index contributed by atoms with van der Waals surface area (Å²) in [6.07, 6.45) is 2.85. The van der Waals surface area contributed by atoms with Gasteiger partial charge in [-0.2, -0.15) is 0 Å². The normalized spacial score (nSPS) is 13.2. The second kappa shape index (κ2) is 6.29. The van der Waals surface area contributed by atoms with E-state index in [1.54, 1.807) is 5.32 Å². The Kier molecular flexibility index (Phi) is 5.41. The van der Waals surface area contributed by atoms with Crippen LogP contribution in [0.5, 0.6) is 0 Å². The molecule has 0 aromatic heterocycles. The second-order valence-electron chi connectivity index (χ2n) is 3.02. The molecule has 0 fully saturated rings.